The molecule has 0 amide bonds. The molecule has 0 aromatic heterocycles. The molecule has 0 spiro atoms. The van der Waals surface area contributed by atoms with E-state index in [1.54, 1.807) is 20.8 Å². The first-order chi connectivity index (χ1) is 28.5. The number of fused-ring (bicyclic) bond motifs is 20. The van der Waals surface area contributed by atoms with Gasteiger partial charge in [0.2, 0.25) is 0 Å². The summed E-state index contributed by atoms with van der Waals surface area (Å²) in [6.45, 7) is 12.4. The molecule has 0 aromatic rings. The van der Waals surface area contributed by atoms with E-state index in [4.69, 9.17) is 18.9 Å². The van der Waals surface area contributed by atoms with Crippen LogP contribution in [-0.2, 0) is 42.9 Å². The van der Waals surface area contributed by atoms with E-state index >= 15 is 0 Å². The molecule has 3 aliphatic heterocycles. The quantitative estimate of drug-likeness (QED) is 0.167. The van der Waals surface area contributed by atoms with Crippen LogP contribution in [0, 0.1) is 88.8 Å². The molecule has 332 valence electrons. The van der Waals surface area contributed by atoms with Gasteiger partial charge < -0.3 is 24.1 Å². The van der Waals surface area contributed by atoms with Crippen LogP contribution in [-0.4, -0.2) is 64.3 Å². The number of ketones is 1. The molecule has 18 unspecified atom stereocenters. The maximum absolute atomic E-state index is 12.4. The largest absolute Gasteiger partial charge is 0.462 e. The maximum atomic E-state index is 12.4. The third-order valence-corrected chi connectivity index (χ3v) is 18.6. The first-order valence-corrected chi connectivity index (χ1v) is 24.2. The summed E-state index contributed by atoms with van der Waals surface area (Å²) in [5.74, 6) is 7.53. The lowest BCUT2D eigenvalue weighted by Gasteiger charge is -2.39. The summed E-state index contributed by atoms with van der Waals surface area (Å²) in [5, 5.41) is 10.2. The predicted octanol–water partition coefficient (Wildman–Crippen LogP) is 8.35. The minimum absolute atomic E-state index is 0.0608. The van der Waals surface area contributed by atoms with E-state index in [0.717, 1.165) is 55.3 Å². The van der Waals surface area contributed by atoms with E-state index in [1.165, 1.54) is 83.5 Å². The van der Waals surface area contributed by atoms with Crippen molar-refractivity contribution in [2.75, 3.05) is 0 Å². The van der Waals surface area contributed by atoms with Crippen molar-refractivity contribution in [1.82, 2.24) is 0 Å². The van der Waals surface area contributed by atoms with Crippen LogP contribution < -0.4 is 0 Å². The van der Waals surface area contributed by atoms with Crippen LogP contribution in [0.2, 0.25) is 0 Å². The molecule has 9 saturated carbocycles. The summed E-state index contributed by atoms with van der Waals surface area (Å²) in [6.07, 6.45) is 22.0. The lowest BCUT2D eigenvalue weighted by Crippen LogP contribution is -2.49. The van der Waals surface area contributed by atoms with Crippen LogP contribution in [0.1, 0.15) is 150 Å². The van der Waals surface area contributed by atoms with Crippen molar-refractivity contribution in [2.45, 2.75) is 180 Å². The number of aliphatic hydroxyl groups is 1. The summed E-state index contributed by atoms with van der Waals surface area (Å²) in [7, 11) is 0. The van der Waals surface area contributed by atoms with Crippen molar-refractivity contribution in [3.05, 3.63) is 12.2 Å². The van der Waals surface area contributed by atoms with Crippen LogP contribution in [0.3, 0.4) is 0 Å². The normalized spacial score (nSPS) is 45.6. The van der Waals surface area contributed by atoms with Gasteiger partial charge >= 0.3 is 23.9 Å². The van der Waals surface area contributed by atoms with E-state index in [0.29, 0.717) is 65.3 Å². The zero-order valence-electron chi connectivity index (χ0n) is 36.9. The molecule has 12 rings (SSSR count). The zero-order chi connectivity index (χ0) is 42.4. The van der Waals surface area contributed by atoms with Gasteiger partial charge in [-0.25, -0.2) is 4.79 Å². The van der Waals surface area contributed by atoms with Gasteiger partial charge in [-0.15, -0.1) is 0 Å². The molecule has 3 heterocycles. The summed E-state index contributed by atoms with van der Waals surface area (Å²) >= 11 is 0. The lowest BCUT2D eigenvalue weighted by atomic mass is 9.73. The summed E-state index contributed by atoms with van der Waals surface area (Å²) in [6, 6.07) is 0. The molecule has 9 aliphatic carbocycles. The highest BCUT2D eigenvalue weighted by Gasteiger charge is 2.61. The van der Waals surface area contributed by atoms with Gasteiger partial charge in [-0.05, 0) is 183 Å². The van der Waals surface area contributed by atoms with Crippen LogP contribution in [0.4, 0.5) is 0 Å². The number of Topliss-reactive ketones (excluding diaryl/α,β-unsaturated/α-hetero) is 1. The minimum atomic E-state index is -0.940. The Bertz CT molecular complexity index is 1710. The molecular weight excluding hydrogens is 761 g/mol. The molecule has 10 heteroatoms. The molecule has 10 nitrogen and oxygen atoms in total. The zero-order valence-corrected chi connectivity index (χ0v) is 36.9. The molecule has 12 aliphatic rings. The Labute approximate surface area is 357 Å². The fourth-order valence-corrected chi connectivity index (χ4v) is 16.4. The summed E-state index contributed by atoms with van der Waals surface area (Å²) in [4.78, 5) is 58.8. The highest BCUT2D eigenvalue weighted by Crippen LogP contribution is 2.59. The molecule has 0 aromatic carbocycles. The van der Waals surface area contributed by atoms with Gasteiger partial charge in [0.05, 0.1) is 17.4 Å². The first kappa shape index (κ1) is 42.5. The van der Waals surface area contributed by atoms with Crippen molar-refractivity contribution in [3.63, 3.8) is 0 Å². The standard InChI is InChI=1S/C17H24O4.C13H20O3.C10H14O2.C10H14O/c1-9(2)15(18)21-17(3,4)14-12-8-13(20-16(14)19)11-7-5-6-10(11)12;1-13(2,15)11-9-6-10(16-12(11)14)8-5-3-4-7(8)9;11-10-5-6-4-9(12-10)8-3-1-2-7(6)8;11-10-5-6-4-9(10)8-3-1-2-7(6)8/h10-14H,1,5-8H2,2-4H3;7-11,15H,3-6H2,1-2H3;6-9H,1-5H2;6-9H,1-5H2. The number of esters is 4. The average Bonchev–Trinajstić information content (AvgIpc) is 4.03. The molecule has 0 radical (unpaired) electrons. The van der Waals surface area contributed by atoms with Crippen LogP contribution in [0.15, 0.2) is 12.2 Å². The Morgan fingerprint density at radius 2 is 1.03 bits per heavy atom. The van der Waals surface area contributed by atoms with Gasteiger partial charge in [0, 0.05) is 24.3 Å². The van der Waals surface area contributed by atoms with Crippen molar-refractivity contribution in [1.29, 1.82) is 0 Å². The van der Waals surface area contributed by atoms with Gasteiger partial charge in [-0.1, -0.05) is 32.3 Å². The van der Waals surface area contributed by atoms with Crippen molar-refractivity contribution >= 4 is 29.7 Å². The van der Waals surface area contributed by atoms with Crippen LogP contribution in [0.25, 0.3) is 0 Å². The van der Waals surface area contributed by atoms with E-state index in [2.05, 4.69) is 6.58 Å². The average molecular weight is 833 g/mol. The van der Waals surface area contributed by atoms with Crippen LogP contribution >= 0.6 is 0 Å². The number of ether oxygens (including phenoxy) is 4. The van der Waals surface area contributed by atoms with Crippen molar-refractivity contribution in [3.8, 4) is 0 Å². The second-order valence-electron chi connectivity index (χ2n) is 22.7. The van der Waals surface area contributed by atoms with Crippen LogP contribution in [0.5, 0.6) is 0 Å². The number of hydrogen-bond donors (Lipinski definition) is 1. The topological polar surface area (TPSA) is 143 Å². The molecule has 18 atom stereocenters. The van der Waals surface area contributed by atoms with E-state index in [-0.39, 0.29) is 47.9 Å². The molecular formula is C50H72O10. The van der Waals surface area contributed by atoms with E-state index in [1.807, 2.05) is 13.8 Å². The maximum Gasteiger partial charge on any atom is 0.333 e. The molecule has 8 bridgehead atoms. The number of rotatable bonds is 4. The fraction of sp³-hybridized carbons (Fsp3) is 0.860. The highest BCUT2D eigenvalue weighted by atomic mass is 16.6. The summed E-state index contributed by atoms with van der Waals surface area (Å²) < 4.78 is 22.1. The number of hydrogen-bond acceptors (Lipinski definition) is 10. The van der Waals surface area contributed by atoms with Crippen molar-refractivity contribution in [2.24, 2.45) is 88.8 Å². The molecule has 3 saturated heterocycles. The van der Waals surface area contributed by atoms with Gasteiger partial charge in [0.25, 0.3) is 0 Å². The van der Waals surface area contributed by atoms with Crippen molar-refractivity contribution < 1.29 is 48.0 Å². The third-order valence-electron chi connectivity index (χ3n) is 18.6. The van der Waals surface area contributed by atoms with E-state index in [9.17, 15) is 29.1 Å². The first-order valence-electron chi connectivity index (χ1n) is 24.2. The third kappa shape index (κ3) is 7.60. The molecule has 1 N–H and O–H groups in total. The smallest absolute Gasteiger partial charge is 0.333 e. The van der Waals surface area contributed by atoms with Gasteiger partial charge in [-0.3, -0.25) is 19.2 Å². The Hall–Kier alpha value is -2.75. The second-order valence-corrected chi connectivity index (χ2v) is 22.7. The Morgan fingerprint density at radius 3 is 1.60 bits per heavy atom. The predicted molar refractivity (Wildman–Crippen MR) is 221 cm³/mol. The lowest BCUT2D eigenvalue weighted by molar-refractivity contribution is -0.183. The minimum Gasteiger partial charge on any atom is -0.462 e. The second kappa shape index (κ2) is 16.1. The molecule has 60 heavy (non-hydrogen) atoms. The number of carbonyl (C=O) groups is 5. The van der Waals surface area contributed by atoms with Gasteiger partial charge in [0.1, 0.15) is 29.7 Å². The monoisotopic (exact) mass is 833 g/mol. The van der Waals surface area contributed by atoms with Gasteiger partial charge in [0.15, 0.2) is 0 Å². The number of carbonyl (C=O) groups excluding carboxylic acids is 5. The Balaban J connectivity index is 0.000000106. The fourth-order valence-electron chi connectivity index (χ4n) is 16.4. The summed E-state index contributed by atoms with van der Waals surface area (Å²) in [5.41, 5.74) is -1.43. The highest BCUT2D eigenvalue weighted by molar-refractivity contribution is 5.88. The Kier molecular flexibility index (Phi) is 11.4. The Morgan fingerprint density at radius 1 is 0.583 bits per heavy atom. The molecule has 12 fully saturated rings. The SMILES string of the molecule is C=C(C)C(=O)OC(C)(C)C1C(=O)OC2CC1C1CCCC21.CC(C)(O)C1C(=O)OC2CC1C1CCCC21.O=C1CC2CC(O1)C1CCCC21.O=C1CC2CC1C1CCCC21. The van der Waals surface area contributed by atoms with E-state index < -0.39 is 17.2 Å². The van der Waals surface area contributed by atoms with Gasteiger partial charge in [-0.2, -0.15) is 0 Å².